The number of nitrogens with zero attached hydrogens (tertiary/aromatic N) is 2. The summed E-state index contributed by atoms with van der Waals surface area (Å²) in [7, 11) is 0. The summed E-state index contributed by atoms with van der Waals surface area (Å²) < 4.78 is 5.08. The quantitative estimate of drug-likeness (QED) is 0.865. The molecule has 0 saturated heterocycles. The third-order valence-electron chi connectivity index (χ3n) is 2.91. The van der Waals surface area contributed by atoms with Gasteiger partial charge in [0.15, 0.2) is 11.5 Å². The van der Waals surface area contributed by atoms with Crippen molar-refractivity contribution in [3.8, 4) is 11.3 Å². The Balaban J connectivity index is 2.14. The predicted molar refractivity (Wildman–Crippen MR) is 73.5 cm³/mol. The minimum Gasteiger partial charge on any atom is -0.480 e. The van der Waals surface area contributed by atoms with E-state index >= 15 is 0 Å². The van der Waals surface area contributed by atoms with Crippen molar-refractivity contribution in [2.45, 2.75) is 19.9 Å². The predicted octanol–water partition coefficient (Wildman–Crippen LogP) is 1.58. The van der Waals surface area contributed by atoms with Gasteiger partial charge in [0.1, 0.15) is 6.04 Å². The number of hydrogen-bond donors (Lipinski definition) is 2. The molecule has 1 unspecified atom stereocenters. The van der Waals surface area contributed by atoms with Crippen LogP contribution in [-0.2, 0) is 4.79 Å². The fraction of sp³-hybridized carbons (Fsp3) is 0.286. The van der Waals surface area contributed by atoms with E-state index in [9.17, 15) is 9.59 Å². The van der Waals surface area contributed by atoms with Crippen molar-refractivity contribution in [2.75, 3.05) is 0 Å². The van der Waals surface area contributed by atoms with Crippen molar-refractivity contribution in [3.05, 3.63) is 36.3 Å². The zero-order chi connectivity index (χ0) is 15.4. The second kappa shape index (κ2) is 6.17. The molecule has 1 atom stereocenters. The molecule has 21 heavy (non-hydrogen) atoms. The molecule has 0 aromatic carbocycles. The van der Waals surface area contributed by atoms with E-state index in [-0.39, 0.29) is 11.6 Å². The van der Waals surface area contributed by atoms with Gasteiger partial charge in [-0.05, 0) is 18.1 Å². The number of aliphatic carboxylic acids is 1. The maximum atomic E-state index is 12.0. The van der Waals surface area contributed by atoms with Crippen LogP contribution in [0.2, 0.25) is 0 Å². The Kier molecular flexibility index (Phi) is 4.32. The highest BCUT2D eigenvalue weighted by atomic mass is 16.5. The normalized spacial score (nSPS) is 12.1. The summed E-state index contributed by atoms with van der Waals surface area (Å²) in [6.07, 6.45) is 3.20. The van der Waals surface area contributed by atoms with Gasteiger partial charge in [0.25, 0.3) is 5.91 Å². The lowest BCUT2D eigenvalue weighted by atomic mass is 10.0. The minimum atomic E-state index is -1.09. The first kappa shape index (κ1) is 14.7. The van der Waals surface area contributed by atoms with E-state index in [0.717, 1.165) is 0 Å². The van der Waals surface area contributed by atoms with Gasteiger partial charge < -0.3 is 14.9 Å². The van der Waals surface area contributed by atoms with Crippen molar-refractivity contribution in [2.24, 2.45) is 5.92 Å². The molecule has 0 bridgehead atoms. The molecular formula is C14H15N3O4. The van der Waals surface area contributed by atoms with Crippen molar-refractivity contribution in [3.63, 3.8) is 0 Å². The molecular weight excluding hydrogens is 274 g/mol. The number of carbonyl (C=O) groups excluding carboxylic acids is 1. The van der Waals surface area contributed by atoms with Crippen molar-refractivity contribution in [1.29, 1.82) is 0 Å². The van der Waals surface area contributed by atoms with Crippen LogP contribution >= 0.6 is 0 Å². The van der Waals surface area contributed by atoms with E-state index in [2.05, 4.69) is 15.5 Å². The van der Waals surface area contributed by atoms with Gasteiger partial charge in [0, 0.05) is 24.0 Å². The summed E-state index contributed by atoms with van der Waals surface area (Å²) in [5.41, 5.74) is 0.712. The minimum absolute atomic E-state index is 0.0285. The van der Waals surface area contributed by atoms with Crippen molar-refractivity contribution >= 4 is 11.9 Å². The van der Waals surface area contributed by atoms with E-state index < -0.39 is 17.9 Å². The first-order chi connectivity index (χ1) is 9.99. The van der Waals surface area contributed by atoms with Crippen LogP contribution in [0.15, 0.2) is 35.1 Å². The molecule has 0 aliphatic rings. The van der Waals surface area contributed by atoms with Crippen LogP contribution in [-0.4, -0.2) is 33.2 Å². The van der Waals surface area contributed by atoms with E-state index in [4.69, 9.17) is 9.63 Å². The van der Waals surface area contributed by atoms with Gasteiger partial charge in [-0.3, -0.25) is 9.78 Å². The Morgan fingerprint density at radius 3 is 2.71 bits per heavy atom. The highest BCUT2D eigenvalue weighted by Gasteiger charge is 2.25. The maximum absolute atomic E-state index is 12.0. The topological polar surface area (TPSA) is 105 Å². The van der Waals surface area contributed by atoms with Crippen molar-refractivity contribution in [1.82, 2.24) is 15.5 Å². The molecule has 0 aliphatic carbocycles. The van der Waals surface area contributed by atoms with Gasteiger partial charge in [-0.15, -0.1) is 0 Å². The Labute approximate surface area is 121 Å². The van der Waals surface area contributed by atoms with Crippen LogP contribution in [0, 0.1) is 5.92 Å². The lowest BCUT2D eigenvalue weighted by molar-refractivity contribution is -0.140. The molecule has 0 aliphatic heterocycles. The zero-order valence-corrected chi connectivity index (χ0v) is 11.6. The smallest absolute Gasteiger partial charge is 0.326 e. The molecule has 0 radical (unpaired) electrons. The van der Waals surface area contributed by atoms with Crippen LogP contribution < -0.4 is 5.32 Å². The molecule has 0 spiro atoms. The monoisotopic (exact) mass is 289 g/mol. The van der Waals surface area contributed by atoms with Gasteiger partial charge in [-0.1, -0.05) is 19.0 Å². The molecule has 110 valence electrons. The summed E-state index contributed by atoms with van der Waals surface area (Å²) in [6.45, 7) is 3.42. The number of hydrogen-bond acceptors (Lipinski definition) is 5. The molecule has 2 heterocycles. The second-order valence-corrected chi connectivity index (χ2v) is 4.85. The summed E-state index contributed by atoms with van der Waals surface area (Å²) >= 11 is 0. The number of amides is 1. The fourth-order valence-electron chi connectivity index (χ4n) is 1.76. The Morgan fingerprint density at radius 2 is 2.14 bits per heavy atom. The molecule has 2 rings (SSSR count). The first-order valence-corrected chi connectivity index (χ1v) is 6.40. The van der Waals surface area contributed by atoms with Gasteiger partial charge in [0.2, 0.25) is 0 Å². The fourth-order valence-corrected chi connectivity index (χ4v) is 1.76. The lowest BCUT2D eigenvalue weighted by Crippen LogP contribution is -2.44. The number of rotatable bonds is 5. The first-order valence-electron chi connectivity index (χ1n) is 6.40. The molecule has 2 aromatic heterocycles. The van der Waals surface area contributed by atoms with Crippen LogP contribution in [0.1, 0.15) is 24.3 Å². The molecule has 2 aromatic rings. The number of carbonyl (C=O) groups is 2. The standard InChI is InChI=1S/C14H15N3O4/c1-8(2)12(14(19)20)16-13(18)10-6-11(21-17-10)9-4-3-5-15-7-9/h3-8,12H,1-2H3,(H,16,18)(H,19,20). The van der Waals surface area contributed by atoms with E-state index in [1.54, 1.807) is 38.4 Å². The Hall–Kier alpha value is -2.70. The average Bonchev–Trinajstić information content (AvgIpc) is 2.94. The van der Waals surface area contributed by atoms with E-state index in [1.165, 1.54) is 6.07 Å². The van der Waals surface area contributed by atoms with Gasteiger partial charge >= 0.3 is 5.97 Å². The molecule has 1 amide bonds. The summed E-state index contributed by atoms with van der Waals surface area (Å²) in [5, 5.41) is 15.1. The molecule has 0 fully saturated rings. The molecule has 7 nitrogen and oxygen atoms in total. The maximum Gasteiger partial charge on any atom is 0.326 e. The van der Waals surface area contributed by atoms with Gasteiger partial charge in [-0.2, -0.15) is 0 Å². The highest BCUT2D eigenvalue weighted by Crippen LogP contribution is 2.19. The van der Waals surface area contributed by atoms with Crippen LogP contribution in [0.4, 0.5) is 0 Å². The molecule has 2 N–H and O–H groups in total. The molecule has 7 heteroatoms. The summed E-state index contributed by atoms with van der Waals surface area (Å²) in [6, 6.07) is 3.97. The Bertz CT molecular complexity index is 637. The largest absolute Gasteiger partial charge is 0.480 e. The summed E-state index contributed by atoms with van der Waals surface area (Å²) in [5.74, 6) is -1.52. The van der Waals surface area contributed by atoms with E-state index in [0.29, 0.717) is 11.3 Å². The van der Waals surface area contributed by atoms with Gasteiger partial charge in [0.05, 0.1) is 0 Å². The highest BCUT2D eigenvalue weighted by molar-refractivity contribution is 5.95. The van der Waals surface area contributed by atoms with E-state index in [1.807, 2.05) is 0 Å². The Morgan fingerprint density at radius 1 is 1.38 bits per heavy atom. The SMILES string of the molecule is CC(C)C(NC(=O)c1cc(-c2cccnc2)on1)C(=O)O. The van der Waals surface area contributed by atoms with Crippen LogP contribution in [0.5, 0.6) is 0 Å². The number of nitrogens with one attached hydrogen (secondary N) is 1. The third kappa shape index (κ3) is 3.44. The lowest BCUT2D eigenvalue weighted by Gasteiger charge is -2.16. The number of carboxylic acid groups (broad SMARTS) is 1. The summed E-state index contributed by atoms with van der Waals surface area (Å²) in [4.78, 5) is 27.0. The number of carboxylic acids is 1. The van der Waals surface area contributed by atoms with Gasteiger partial charge in [-0.25, -0.2) is 4.79 Å². The zero-order valence-electron chi connectivity index (χ0n) is 11.6. The number of aromatic nitrogens is 2. The average molecular weight is 289 g/mol. The van der Waals surface area contributed by atoms with Crippen LogP contribution in [0.25, 0.3) is 11.3 Å². The number of pyridine rings is 1. The van der Waals surface area contributed by atoms with Crippen LogP contribution in [0.3, 0.4) is 0 Å². The molecule has 0 saturated carbocycles. The second-order valence-electron chi connectivity index (χ2n) is 4.85. The third-order valence-corrected chi connectivity index (χ3v) is 2.91. The van der Waals surface area contributed by atoms with Crippen molar-refractivity contribution < 1.29 is 19.2 Å².